The van der Waals surface area contributed by atoms with Gasteiger partial charge in [0, 0.05) is 6.07 Å². The number of nitrogens with zero attached hydrogens (tertiary/aromatic N) is 1. The molecule has 0 unspecified atom stereocenters. The Morgan fingerprint density at radius 3 is 2.78 bits per heavy atom. The summed E-state index contributed by atoms with van der Waals surface area (Å²) in [4.78, 5) is 14.9. The zero-order valence-corrected chi connectivity index (χ0v) is 10.7. The van der Waals surface area contributed by atoms with E-state index < -0.39 is 5.97 Å². The highest BCUT2D eigenvalue weighted by Crippen LogP contribution is 2.28. The van der Waals surface area contributed by atoms with E-state index in [2.05, 4.69) is 20.9 Å². The Labute approximate surface area is 111 Å². The molecule has 6 heteroatoms. The number of benzene rings is 1. The van der Waals surface area contributed by atoms with Crippen LogP contribution in [0.5, 0.6) is 11.5 Å². The van der Waals surface area contributed by atoms with Gasteiger partial charge in [-0.25, -0.2) is 9.78 Å². The second-order valence-corrected chi connectivity index (χ2v) is 4.30. The van der Waals surface area contributed by atoms with E-state index in [9.17, 15) is 4.79 Å². The van der Waals surface area contributed by atoms with Crippen LogP contribution in [0, 0.1) is 0 Å². The normalized spacial score (nSPS) is 10.1. The molecule has 0 saturated heterocycles. The molecule has 1 aromatic heterocycles. The van der Waals surface area contributed by atoms with Crippen molar-refractivity contribution in [2.45, 2.75) is 0 Å². The molecule has 18 heavy (non-hydrogen) atoms. The minimum atomic E-state index is -1.05. The Hall–Kier alpha value is -2.08. The summed E-state index contributed by atoms with van der Waals surface area (Å²) >= 11 is 3.22. The lowest BCUT2D eigenvalue weighted by Crippen LogP contribution is -2.00. The number of hydrogen-bond donors (Lipinski definition) is 2. The molecule has 0 radical (unpaired) electrons. The Morgan fingerprint density at radius 2 is 2.11 bits per heavy atom. The maximum Gasteiger partial charge on any atom is 0.339 e. The number of pyridine rings is 1. The average molecular weight is 309 g/mol. The summed E-state index contributed by atoms with van der Waals surface area (Å²) in [5.74, 6) is -0.0461. The fourth-order valence-corrected chi connectivity index (χ4v) is 1.67. The zero-order valence-electron chi connectivity index (χ0n) is 9.13. The third-order valence-electron chi connectivity index (χ3n) is 2.19. The van der Waals surface area contributed by atoms with E-state index in [-0.39, 0.29) is 11.3 Å². The molecule has 3 N–H and O–H groups in total. The molecule has 0 atom stereocenters. The van der Waals surface area contributed by atoms with Gasteiger partial charge in [-0.1, -0.05) is 12.1 Å². The van der Waals surface area contributed by atoms with E-state index in [0.29, 0.717) is 16.0 Å². The highest BCUT2D eigenvalue weighted by atomic mass is 79.9. The molecular formula is C12H9BrN2O3. The van der Waals surface area contributed by atoms with Crippen LogP contribution in [0.1, 0.15) is 10.4 Å². The minimum absolute atomic E-state index is 0.0884. The first kappa shape index (κ1) is 12.4. The summed E-state index contributed by atoms with van der Waals surface area (Å²) < 4.78 is 6.07. The molecule has 0 spiro atoms. The van der Waals surface area contributed by atoms with Gasteiger partial charge in [-0.3, -0.25) is 0 Å². The lowest BCUT2D eigenvalue weighted by atomic mass is 10.2. The predicted molar refractivity (Wildman–Crippen MR) is 69.8 cm³/mol. The van der Waals surface area contributed by atoms with E-state index in [1.807, 2.05) is 0 Å². The minimum Gasteiger partial charge on any atom is -0.478 e. The monoisotopic (exact) mass is 308 g/mol. The molecule has 1 aromatic carbocycles. The number of rotatable bonds is 3. The number of aromatic carboxylic acids is 1. The van der Waals surface area contributed by atoms with Crippen molar-refractivity contribution in [1.82, 2.24) is 4.98 Å². The molecule has 1 heterocycles. The van der Waals surface area contributed by atoms with Crippen molar-refractivity contribution in [3.63, 3.8) is 0 Å². The lowest BCUT2D eigenvalue weighted by Gasteiger charge is -2.08. The molecule has 0 fully saturated rings. The van der Waals surface area contributed by atoms with Crippen LogP contribution < -0.4 is 10.5 Å². The van der Waals surface area contributed by atoms with Gasteiger partial charge >= 0.3 is 5.97 Å². The highest BCUT2D eigenvalue weighted by Gasteiger charge is 2.11. The van der Waals surface area contributed by atoms with Crippen LogP contribution in [0.2, 0.25) is 0 Å². The van der Waals surface area contributed by atoms with Gasteiger partial charge in [0.1, 0.15) is 22.9 Å². The molecule has 0 saturated carbocycles. The summed E-state index contributed by atoms with van der Waals surface area (Å²) in [5, 5.41) is 9.02. The first-order valence-corrected chi connectivity index (χ1v) is 5.78. The number of carboxylic acid groups (broad SMARTS) is 1. The third kappa shape index (κ3) is 2.60. The van der Waals surface area contributed by atoms with Crippen LogP contribution in [-0.2, 0) is 0 Å². The number of carboxylic acids is 1. The third-order valence-corrected chi connectivity index (χ3v) is 2.82. The number of hydrogen-bond acceptors (Lipinski definition) is 4. The lowest BCUT2D eigenvalue weighted by molar-refractivity contribution is 0.0694. The number of nitrogens with two attached hydrogens (primary N) is 1. The van der Waals surface area contributed by atoms with Crippen molar-refractivity contribution in [2.24, 2.45) is 0 Å². The van der Waals surface area contributed by atoms with Gasteiger partial charge in [-0.05, 0) is 28.1 Å². The first-order valence-electron chi connectivity index (χ1n) is 4.99. The second-order valence-electron chi connectivity index (χ2n) is 3.44. The average Bonchev–Trinajstić information content (AvgIpc) is 2.34. The summed E-state index contributed by atoms with van der Waals surface area (Å²) in [6.45, 7) is 0. The zero-order chi connectivity index (χ0) is 13.1. The number of nitrogen functional groups attached to an aromatic ring is 1. The van der Waals surface area contributed by atoms with E-state index >= 15 is 0 Å². The standard InChI is InChI=1S/C12H9BrN2O3/c13-9-5-7(6-15-11(9)14)18-10-4-2-1-3-8(10)12(16)17/h1-6H,(H2,14,15)(H,16,17). The summed E-state index contributed by atoms with van der Waals surface area (Å²) in [5.41, 5.74) is 5.64. The van der Waals surface area contributed by atoms with Crippen molar-refractivity contribution in [3.8, 4) is 11.5 Å². The predicted octanol–water partition coefficient (Wildman–Crippen LogP) is 2.92. The SMILES string of the molecule is Nc1ncc(Oc2ccccc2C(=O)O)cc1Br. The Morgan fingerprint density at radius 1 is 1.39 bits per heavy atom. The fraction of sp³-hybridized carbons (Fsp3) is 0. The number of ether oxygens (including phenoxy) is 1. The quantitative estimate of drug-likeness (QED) is 0.910. The molecule has 0 aliphatic heterocycles. The molecule has 92 valence electrons. The van der Waals surface area contributed by atoms with Crippen LogP contribution >= 0.6 is 15.9 Å². The van der Waals surface area contributed by atoms with Gasteiger partial charge in [0.2, 0.25) is 0 Å². The van der Waals surface area contributed by atoms with Gasteiger partial charge in [-0.15, -0.1) is 0 Å². The number of anilines is 1. The second kappa shape index (κ2) is 5.05. The van der Waals surface area contributed by atoms with E-state index in [1.165, 1.54) is 12.3 Å². The maximum absolute atomic E-state index is 11.0. The van der Waals surface area contributed by atoms with Gasteiger partial charge in [0.15, 0.2) is 0 Å². The molecular weight excluding hydrogens is 300 g/mol. The van der Waals surface area contributed by atoms with E-state index in [1.54, 1.807) is 24.3 Å². The summed E-state index contributed by atoms with van der Waals surface area (Å²) in [7, 11) is 0. The van der Waals surface area contributed by atoms with Crippen molar-refractivity contribution in [1.29, 1.82) is 0 Å². The van der Waals surface area contributed by atoms with Crippen LogP contribution in [0.3, 0.4) is 0 Å². The van der Waals surface area contributed by atoms with Crippen LogP contribution in [0.4, 0.5) is 5.82 Å². The fourth-order valence-electron chi connectivity index (χ4n) is 1.35. The molecule has 0 aliphatic rings. The first-order chi connectivity index (χ1) is 8.58. The number of aromatic nitrogens is 1. The van der Waals surface area contributed by atoms with E-state index in [0.717, 1.165) is 0 Å². The molecule has 2 aromatic rings. The molecule has 0 bridgehead atoms. The van der Waals surface area contributed by atoms with Gasteiger partial charge < -0.3 is 15.6 Å². The van der Waals surface area contributed by atoms with Crippen molar-refractivity contribution < 1.29 is 14.6 Å². The van der Waals surface area contributed by atoms with Gasteiger partial charge in [0.05, 0.1) is 10.7 Å². The number of para-hydroxylation sites is 1. The maximum atomic E-state index is 11.0. The Kier molecular flexibility index (Phi) is 3.47. The van der Waals surface area contributed by atoms with Crippen molar-refractivity contribution in [3.05, 3.63) is 46.6 Å². The van der Waals surface area contributed by atoms with Crippen molar-refractivity contribution in [2.75, 3.05) is 5.73 Å². The Bertz CT molecular complexity index is 602. The molecule has 2 rings (SSSR count). The molecule has 0 amide bonds. The summed E-state index contributed by atoms with van der Waals surface area (Å²) in [6, 6.07) is 8.00. The van der Waals surface area contributed by atoms with E-state index in [4.69, 9.17) is 15.6 Å². The molecule has 0 aliphatic carbocycles. The topological polar surface area (TPSA) is 85.4 Å². The van der Waals surface area contributed by atoms with Crippen LogP contribution in [0.25, 0.3) is 0 Å². The van der Waals surface area contributed by atoms with Gasteiger partial charge in [0.25, 0.3) is 0 Å². The number of halogens is 1. The summed E-state index contributed by atoms with van der Waals surface area (Å²) in [6.07, 6.45) is 1.43. The smallest absolute Gasteiger partial charge is 0.339 e. The van der Waals surface area contributed by atoms with Crippen molar-refractivity contribution >= 4 is 27.7 Å². The molecule has 5 nitrogen and oxygen atoms in total. The van der Waals surface area contributed by atoms with Gasteiger partial charge in [-0.2, -0.15) is 0 Å². The van der Waals surface area contributed by atoms with Crippen LogP contribution in [0.15, 0.2) is 41.0 Å². The largest absolute Gasteiger partial charge is 0.478 e. The highest BCUT2D eigenvalue weighted by molar-refractivity contribution is 9.10. The Balaban J connectivity index is 2.34. The van der Waals surface area contributed by atoms with Crippen LogP contribution in [-0.4, -0.2) is 16.1 Å². The number of carbonyl (C=O) groups is 1.